The number of methoxy groups -OCH3 is 1. The lowest BCUT2D eigenvalue weighted by molar-refractivity contribution is 0.0961. The average molecular weight is 341 g/mol. The molecule has 0 saturated carbocycles. The first kappa shape index (κ1) is 18.0. The van der Waals surface area contributed by atoms with Gasteiger partial charge in [-0.2, -0.15) is 0 Å². The third kappa shape index (κ3) is 4.57. The van der Waals surface area contributed by atoms with Crippen LogP contribution < -0.4 is 20.3 Å². The first-order valence-corrected chi connectivity index (χ1v) is 7.50. The van der Waals surface area contributed by atoms with E-state index in [9.17, 15) is 9.59 Å². The van der Waals surface area contributed by atoms with Crippen LogP contribution in [0.15, 0.2) is 41.8 Å². The van der Waals surface area contributed by atoms with Gasteiger partial charge >= 0.3 is 0 Å². The quantitative estimate of drug-likeness (QED) is 0.750. The second kappa shape index (κ2) is 8.49. The number of rotatable bonds is 7. The minimum Gasteiger partial charge on any atom is -0.493 e. The summed E-state index contributed by atoms with van der Waals surface area (Å²) in [5.74, 6) is 1.05. The zero-order valence-electron chi connectivity index (χ0n) is 14.0. The molecule has 130 valence electrons. The Labute approximate surface area is 145 Å². The van der Waals surface area contributed by atoms with Crippen molar-refractivity contribution in [1.29, 1.82) is 0 Å². The molecule has 0 saturated heterocycles. The van der Waals surface area contributed by atoms with E-state index in [1.807, 2.05) is 6.07 Å². The zero-order valence-corrected chi connectivity index (χ0v) is 14.0. The minimum atomic E-state index is -0.500. The van der Waals surface area contributed by atoms with Gasteiger partial charge in [0.05, 0.1) is 7.11 Å². The molecule has 0 aliphatic rings. The Morgan fingerprint density at radius 3 is 2.80 bits per heavy atom. The van der Waals surface area contributed by atoms with Crippen molar-refractivity contribution in [1.82, 2.24) is 15.3 Å². The molecule has 1 heterocycles. The molecule has 0 spiro atoms. The van der Waals surface area contributed by atoms with Crippen molar-refractivity contribution in [2.75, 3.05) is 20.8 Å². The normalized spacial score (nSPS) is 10.5. The van der Waals surface area contributed by atoms with Crippen molar-refractivity contribution in [3.63, 3.8) is 0 Å². The number of ether oxygens (including phenoxy) is 2. The molecule has 0 fully saturated rings. The van der Waals surface area contributed by atoms with Crippen molar-refractivity contribution >= 4 is 18.1 Å². The average Bonchev–Trinajstić information content (AvgIpc) is 2.64. The number of aromatic nitrogens is 2. The van der Waals surface area contributed by atoms with E-state index in [4.69, 9.17) is 9.47 Å². The predicted molar refractivity (Wildman–Crippen MR) is 95.9 cm³/mol. The number of carbonyl (C=O) groups excluding carboxylic acids is 1. The Balaban J connectivity index is 2.21. The summed E-state index contributed by atoms with van der Waals surface area (Å²) >= 11 is 0. The molecule has 0 unspecified atom stereocenters. The van der Waals surface area contributed by atoms with Gasteiger partial charge in [0.15, 0.2) is 11.5 Å². The maximum atomic E-state index is 11.9. The molecule has 1 aromatic heterocycles. The molecule has 2 N–H and O–H groups in total. The fraction of sp³-hybridized carbons (Fsp3) is 0.167. The molecule has 25 heavy (non-hydrogen) atoms. The number of amides is 1. The fourth-order valence-corrected chi connectivity index (χ4v) is 2.02. The highest BCUT2D eigenvalue weighted by Crippen LogP contribution is 2.28. The van der Waals surface area contributed by atoms with Crippen LogP contribution in [0.3, 0.4) is 0 Å². The first-order valence-electron chi connectivity index (χ1n) is 7.50. The van der Waals surface area contributed by atoms with E-state index in [1.165, 1.54) is 13.2 Å². The lowest BCUT2D eigenvalue weighted by Crippen LogP contribution is -2.27. The zero-order chi connectivity index (χ0) is 18.2. The third-order valence-corrected chi connectivity index (χ3v) is 3.27. The fourth-order valence-electron chi connectivity index (χ4n) is 2.02. The predicted octanol–water partition coefficient (Wildman–Crippen LogP) is 1.87. The Kier molecular flexibility index (Phi) is 6.11. The number of H-pyrrole nitrogens is 1. The lowest BCUT2D eigenvalue weighted by atomic mass is 10.2. The largest absolute Gasteiger partial charge is 0.493 e. The van der Waals surface area contributed by atoms with Gasteiger partial charge in [-0.25, -0.2) is 4.98 Å². The van der Waals surface area contributed by atoms with Gasteiger partial charge in [0.25, 0.3) is 11.5 Å². The van der Waals surface area contributed by atoms with Crippen LogP contribution in [0.4, 0.5) is 0 Å². The topological polar surface area (TPSA) is 93.3 Å². The first-order chi connectivity index (χ1) is 12.1. The molecule has 0 radical (unpaired) electrons. The number of aromatic amines is 1. The Bertz CT molecular complexity index is 856. The van der Waals surface area contributed by atoms with Crippen molar-refractivity contribution in [2.24, 2.45) is 0 Å². The van der Waals surface area contributed by atoms with Gasteiger partial charge in [-0.1, -0.05) is 24.8 Å². The number of nitrogens with zero attached hydrogens (tertiary/aromatic N) is 1. The number of hydrogen-bond acceptors (Lipinski definition) is 5. The van der Waals surface area contributed by atoms with E-state index in [-0.39, 0.29) is 5.56 Å². The van der Waals surface area contributed by atoms with Crippen LogP contribution in [0.1, 0.15) is 21.7 Å². The molecular weight excluding hydrogens is 322 g/mol. The molecule has 1 aromatic carbocycles. The molecule has 0 bridgehead atoms. The molecular formula is C18H19N3O4. The Morgan fingerprint density at radius 2 is 2.16 bits per heavy atom. The maximum absolute atomic E-state index is 11.9. The molecule has 1 amide bonds. The summed E-state index contributed by atoms with van der Waals surface area (Å²) in [6, 6.07) is 5.42. The minimum absolute atomic E-state index is 0.0370. The Hall–Kier alpha value is -3.35. The highest BCUT2D eigenvalue weighted by atomic mass is 16.5. The van der Waals surface area contributed by atoms with Gasteiger partial charge in [-0.3, -0.25) is 9.59 Å². The van der Waals surface area contributed by atoms with Crippen molar-refractivity contribution in [3.05, 3.63) is 64.4 Å². The van der Waals surface area contributed by atoms with Crippen LogP contribution in [0.25, 0.3) is 12.2 Å². The SMILES string of the molecule is C=CCOc1ccc(C=Cc2ncc(C(=O)NC)c(=O)[nH]2)cc1OC. The summed E-state index contributed by atoms with van der Waals surface area (Å²) in [6.45, 7) is 3.99. The van der Waals surface area contributed by atoms with Crippen LogP contribution >= 0.6 is 0 Å². The van der Waals surface area contributed by atoms with E-state index < -0.39 is 11.5 Å². The van der Waals surface area contributed by atoms with Gasteiger partial charge < -0.3 is 19.8 Å². The molecule has 0 aliphatic heterocycles. The summed E-state index contributed by atoms with van der Waals surface area (Å²) in [7, 11) is 3.01. The second-order valence-electron chi connectivity index (χ2n) is 4.93. The smallest absolute Gasteiger partial charge is 0.263 e. The second-order valence-corrected chi connectivity index (χ2v) is 4.93. The Morgan fingerprint density at radius 1 is 1.36 bits per heavy atom. The van der Waals surface area contributed by atoms with Crippen LogP contribution in [0.5, 0.6) is 11.5 Å². The van der Waals surface area contributed by atoms with Crippen LogP contribution in [0, 0.1) is 0 Å². The standard InChI is InChI=1S/C18H19N3O4/c1-4-9-25-14-7-5-12(10-15(14)24-3)6-8-16-20-11-13(17(22)19-2)18(23)21-16/h4-8,10-11H,1,9H2,2-3H3,(H,19,22)(H,20,21,23). The van der Waals surface area contributed by atoms with Crippen LogP contribution in [-0.4, -0.2) is 36.6 Å². The van der Waals surface area contributed by atoms with Crippen LogP contribution in [0.2, 0.25) is 0 Å². The number of carbonyl (C=O) groups is 1. The summed E-state index contributed by atoms with van der Waals surface area (Å²) in [5.41, 5.74) is 0.297. The van der Waals surface area contributed by atoms with E-state index in [0.717, 1.165) is 5.56 Å². The van der Waals surface area contributed by atoms with Gasteiger partial charge in [0, 0.05) is 13.2 Å². The summed E-state index contributed by atoms with van der Waals surface area (Å²) < 4.78 is 10.8. The number of nitrogens with one attached hydrogen (secondary N) is 2. The van der Waals surface area contributed by atoms with Crippen molar-refractivity contribution in [3.8, 4) is 11.5 Å². The number of hydrogen-bond donors (Lipinski definition) is 2. The van der Waals surface area contributed by atoms with Gasteiger partial charge in [-0.05, 0) is 23.8 Å². The monoisotopic (exact) mass is 341 g/mol. The van der Waals surface area contributed by atoms with Gasteiger partial charge in [-0.15, -0.1) is 0 Å². The van der Waals surface area contributed by atoms with E-state index >= 15 is 0 Å². The third-order valence-electron chi connectivity index (χ3n) is 3.27. The summed E-state index contributed by atoms with van der Waals surface area (Å²) in [5, 5.41) is 2.38. The molecule has 0 aliphatic carbocycles. The molecule has 7 heteroatoms. The highest BCUT2D eigenvalue weighted by molar-refractivity contribution is 5.93. The molecule has 0 atom stereocenters. The molecule has 2 rings (SSSR count). The van der Waals surface area contributed by atoms with Gasteiger partial charge in [0.2, 0.25) is 0 Å². The van der Waals surface area contributed by atoms with E-state index in [2.05, 4.69) is 21.9 Å². The van der Waals surface area contributed by atoms with Crippen molar-refractivity contribution in [2.45, 2.75) is 0 Å². The number of benzene rings is 1. The lowest BCUT2D eigenvalue weighted by Gasteiger charge is -2.09. The van der Waals surface area contributed by atoms with Crippen molar-refractivity contribution < 1.29 is 14.3 Å². The van der Waals surface area contributed by atoms with E-state index in [1.54, 1.807) is 37.5 Å². The van der Waals surface area contributed by atoms with E-state index in [0.29, 0.717) is 23.9 Å². The summed E-state index contributed by atoms with van der Waals surface area (Å²) in [4.78, 5) is 29.9. The molecule has 7 nitrogen and oxygen atoms in total. The van der Waals surface area contributed by atoms with Gasteiger partial charge in [0.1, 0.15) is 18.0 Å². The highest BCUT2D eigenvalue weighted by Gasteiger charge is 2.09. The molecule has 2 aromatic rings. The summed E-state index contributed by atoms with van der Waals surface area (Å²) in [6.07, 6.45) is 6.29. The van der Waals surface area contributed by atoms with Crippen LogP contribution in [-0.2, 0) is 0 Å². The maximum Gasteiger partial charge on any atom is 0.263 e.